The zero-order valence-corrected chi connectivity index (χ0v) is 13.5. The monoisotopic (exact) mass is 298 g/mol. The molecule has 2 fully saturated rings. The third-order valence-electron chi connectivity index (χ3n) is 4.35. The molecule has 1 amide bonds. The van der Waals surface area contributed by atoms with E-state index in [1.54, 1.807) is 0 Å². The fourth-order valence-corrected chi connectivity index (χ4v) is 3.12. The lowest BCUT2D eigenvalue weighted by Gasteiger charge is -2.35. The van der Waals surface area contributed by atoms with Crippen LogP contribution in [0.3, 0.4) is 0 Å². The first-order valence-corrected chi connectivity index (χ1v) is 8.23. The van der Waals surface area contributed by atoms with Gasteiger partial charge in [-0.3, -0.25) is 0 Å². The van der Waals surface area contributed by atoms with E-state index in [1.165, 1.54) is 0 Å². The van der Waals surface area contributed by atoms with Gasteiger partial charge in [0.15, 0.2) is 0 Å². The summed E-state index contributed by atoms with van der Waals surface area (Å²) in [5, 5.41) is 15.8. The Bertz CT molecular complexity index is 340. The fourth-order valence-electron chi connectivity index (χ4n) is 3.12. The molecule has 0 saturated heterocycles. The lowest BCUT2D eigenvalue weighted by molar-refractivity contribution is 0.0407. The molecule has 0 aromatic carbocycles. The number of carbonyl (C=O) groups excluding carboxylic acids is 1. The second-order valence-corrected chi connectivity index (χ2v) is 7.59. The number of aliphatic hydroxyl groups is 1. The largest absolute Gasteiger partial charge is 0.444 e. The summed E-state index contributed by atoms with van der Waals surface area (Å²) in [6.07, 6.45) is 5.72. The molecule has 2 aliphatic rings. The van der Waals surface area contributed by atoms with E-state index in [9.17, 15) is 9.90 Å². The van der Waals surface area contributed by atoms with E-state index in [0.29, 0.717) is 12.0 Å². The highest BCUT2D eigenvalue weighted by atomic mass is 16.6. The van der Waals surface area contributed by atoms with Crippen LogP contribution in [0.15, 0.2) is 0 Å². The van der Waals surface area contributed by atoms with E-state index < -0.39 is 5.60 Å². The molecule has 122 valence electrons. The van der Waals surface area contributed by atoms with Crippen LogP contribution in [0.5, 0.6) is 0 Å². The van der Waals surface area contributed by atoms with E-state index in [0.717, 1.165) is 45.1 Å². The molecule has 2 aliphatic carbocycles. The molecule has 0 heterocycles. The van der Waals surface area contributed by atoms with Gasteiger partial charge in [0, 0.05) is 12.1 Å². The molecule has 0 bridgehead atoms. The van der Waals surface area contributed by atoms with Crippen molar-refractivity contribution in [3.63, 3.8) is 0 Å². The number of nitrogens with one attached hydrogen (secondary N) is 2. The maximum absolute atomic E-state index is 11.7. The molecule has 5 nitrogen and oxygen atoms in total. The Morgan fingerprint density at radius 1 is 1.14 bits per heavy atom. The van der Waals surface area contributed by atoms with Gasteiger partial charge in [-0.05, 0) is 71.8 Å². The van der Waals surface area contributed by atoms with Gasteiger partial charge in [-0.2, -0.15) is 0 Å². The van der Waals surface area contributed by atoms with Crippen LogP contribution in [0.1, 0.15) is 59.3 Å². The van der Waals surface area contributed by atoms with E-state index >= 15 is 0 Å². The smallest absolute Gasteiger partial charge is 0.407 e. The summed E-state index contributed by atoms with van der Waals surface area (Å²) in [6, 6.07) is 0.794. The Morgan fingerprint density at radius 3 is 2.24 bits per heavy atom. The molecule has 21 heavy (non-hydrogen) atoms. The van der Waals surface area contributed by atoms with Crippen molar-refractivity contribution in [1.82, 2.24) is 10.6 Å². The number of hydrogen-bond acceptors (Lipinski definition) is 4. The second-order valence-electron chi connectivity index (χ2n) is 7.59. The highest BCUT2D eigenvalue weighted by Gasteiger charge is 2.29. The predicted molar refractivity (Wildman–Crippen MR) is 82.1 cm³/mol. The summed E-state index contributed by atoms with van der Waals surface area (Å²) in [7, 11) is 0. The average Bonchev–Trinajstić information content (AvgIpc) is 2.32. The van der Waals surface area contributed by atoms with Gasteiger partial charge in [0.2, 0.25) is 0 Å². The van der Waals surface area contributed by atoms with Crippen LogP contribution in [-0.4, -0.2) is 41.5 Å². The zero-order chi connectivity index (χ0) is 15.5. The first kappa shape index (κ1) is 16.6. The van der Waals surface area contributed by atoms with Crippen LogP contribution >= 0.6 is 0 Å². The first-order valence-electron chi connectivity index (χ1n) is 8.23. The number of alkyl carbamates (subject to hydrolysis) is 1. The molecule has 0 aliphatic heterocycles. The highest BCUT2D eigenvalue weighted by molar-refractivity contribution is 5.68. The Morgan fingerprint density at radius 2 is 1.71 bits per heavy atom. The molecular formula is C16H30N2O3. The first-order chi connectivity index (χ1) is 9.82. The summed E-state index contributed by atoms with van der Waals surface area (Å²) in [5.41, 5.74) is -0.434. The van der Waals surface area contributed by atoms with Gasteiger partial charge >= 0.3 is 6.09 Å². The molecule has 2 saturated carbocycles. The lowest BCUT2D eigenvalue weighted by atomic mass is 9.82. The Labute approximate surface area is 127 Å². The topological polar surface area (TPSA) is 70.6 Å². The van der Waals surface area contributed by atoms with Crippen molar-refractivity contribution in [2.45, 2.75) is 83.1 Å². The van der Waals surface area contributed by atoms with E-state index in [-0.39, 0.29) is 18.2 Å². The van der Waals surface area contributed by atoms with Crippen molar-refractivity contribution in [2.75, 3.05) is 6.54 Å². The Hall–Kier alpha value is -0.810. The maximum Gasteiger partial charge on any atom is 0.407 e. The number of hydrogen-bond donors (Lipinski definition) is 3. The van der Waals surface area contributed by atoms with Gasteiger partial charge in [0.25, 0.3) is 0 Å². The van der Waals surface area contributed by atoms with E-state index in [1.807, 2.05) is 20.8 Å². The minimum atomic E-state index is -0.434. The van der Waals surface area contributed by atoms with Crippen LogP contribution in [-0.2, 0) is 4.74 Å². The van der Waals surface area contributed by atoms with Crippen LogP contribution < -0.4 is 10.6 Å². The quantitative estimate of drug-likeness (QED) is 0.744. The van der Waals surface area contributed by atoms with Crippen LogP contribution in [0.2, 0.25) is 0 Å². The van der Waals surface area contributed by atoms with Crippen molar-refractivity contribution in [3.8, 4) is 0 Å². The molecule has 0 spiro atoms. The van der Waals surface area contributed by atoms with Gasteiger partial charge in [-0.1, -0.05) is 0 Å². The molecule has 5 heteroatoms. The number of ether oxygens (including phenoxy) is 1. The summed E-state index contributed by atoms with van der Waals surface area (Å²) in [6.45, 7) is 6.66. The fraction of sp³-hybridized carbons (Fsp3) is 0.938. The molecule has 2 rings (SSSR count). The second kappa shape index (κ2) is 6.97. The number of aliphatic hydroxyl groups excluding tert-OH is 1. The number of rotatable bonds is 4. The lowest BCUT2D eigenvalue weighted by Crippen LogP contribution is -2.45. The van der Waals surface area contributed by atoms with Gasteiger partial charge < -0.3 is 20.5 Å². The molecule has 0 radical (unpaired) electrons. The number of carbonyl (C=O) groups is 1. The average molecular weight is 298 g/mol. The third-order valence-corrected chi connectivity index (χ3v) is 4.35. The maximum atomic E-state index is 11.7. The van der Waals surface area contributed by atoms with Gasteiger partial charge in [0.05, 0.1) is 6.10 Å². The Kier molecular flexibility index (Phi) is 5.49. The van der Waals surface area contributed by atoms with E-state index in [2.05, 4.69) is 10.6 Å². The van der Waals surface area contributed by atoms with Crippen LogP contribution in [0.25, 0.3) is 0 Å². The number of amides is 1. The van der Waals surface area contributed by atoms with E-state index in [4.69, 9.17) is 4.74 Å². The third kappa shape index (κ3) is 5.83. The molecule has 0 unspecified atom stereocenters. The molecule has 0 aromatic heterocycles. The van der Waals surface area contributed by atoms with Crippen LogP contribution in [0, 0.1) is 5.92 Å². The molecule has 0 atom stereocenters. The summed E-state index contributed by atoms with van der Waals surface area (Å²) in [5.74, 6) is 0.651. The zero-order valence-electron chi connectivity index (χ0n) is 13.5. The minimum Gasteiger partial charge on any atom is -0.444 e. The molecule has 0 aromatic rings. The van der Waals surface area contributed by atoms with Gasteiger partial charge in [-0.25, -0.2) is 4.79 Å². The summed E-state index contributed by atoms with van der Waals surface area (Å²) in [4.78, 5) is 11.7. The standard InChI is InChI=1S/C16H30N2O3/c1-16(2,3)21-15(20)18-13-6-4-12(5-7-13)17-10-11-8-14(19)9-11/h11-14,17,19H,4-10H2,1-3H3,(H,18,20). The molecule has 3 N–H and O–H groups in total. The summed E-state index contributed by atoms with van der Waals surface area (Å²) < 4.78 is 5.29. The predicted octanol–water partition coefficient (Wildman–Crippen LogP) is 2.18. The van der Waals surface area contributed by atoms with Crippen molar-refractivity contribution < 1.29 is 14.6 Å². The highest BCUT2D eigenvalue weighted by Crippen LogP contribution is 2.27. The van der Waals surface area contributed by atoms with Crippen molar-refractivity contribution in [3.05, 3.63) is 0 Å². The normalized spacial score (nSPS) is 33.1. The Balaban J connectivity index is 1.58. The SMILES string of the molecule is CC(C)(C)OC(=O)NC1CCC(NCC2CC(O)C2)CC1. The van der Waals surface area contributed by atoms with Gasteiger partial charge in [-0.15, -0.1) is 0 Å². The van der Waals surface area contributed by atoms with Crippen molar-refractivity contribution >= 4 is 6.09 Å². The molecular weight excluding hydrogens is 268 g/mol. The van der Waals surface area contributed by atoms with Crippen LogP contribution in [0.4, 0.5) is 4.79 Å². The van der Waals surface area contributed by atoms with Gasteiger partial charge in [0.1, 0.15) is 5.60 Å². The van der Waals surface area contributed by atoms with Crippen molar-refractivity contribution in [1.29, 1.82) is 0 Å². The van der Waals surface area contributed by atoms with Crippen molar-refractivity contribution in [2.24, 2.45) is 5.92 Å². The summed E-state index contributed by atoms with van der Waals surface area (Å²) >= 11 is 0. The minimum absolute atomic E-state index is 0.0643.